The zero-order chi connectivity index (χ0) is 46.1. The van der Waals surface area contributed by atoms with Crippen molar-refractivity contribution in [1.29, 1.82) is 0 Å². The number of β-amino-alcohol motifs (C(OH)–C–C–N with tert-alkyl or cyclic N) is 1. The summed E-state index contributed by atoms with van der Waals surface area (Å²) < 4.78 is 29.9. The molecule has 0 saturated carbocycles. The fraction of sp³-hybridized carbons (Fsp3) is 0.404. The number of oxazole rings is 1. The second-order valence-electron chi connectivity index (χ2n) is 16.9. The fourth-order valence-corrected chi connectivity index (χ4v) is 8.11. The largest absolute Gasteiger partial charge is 0.490 e. The molecule has 1 aliphatic rings. The molecule has 6 aromatic rings. The highest BCUT2D eigenvalue weighted by atomic mass is 32.1. The molecular weight excluding hydrogens is 855 g/mol. The van der Waals surface area contributed by atoms with Gasteiger partial charge >= 0.3 is 0 Å². The molecule has 7 rings (SSSR count). The van der Waals surface area contributed by atoms with Gasteiger partial charge < -0.3 is 38.7 Å². The summed E-state index contributed by atoms with van der Waals surface area (Å²) in [5, 5.41) is 17.7. The number of Topliss-reactive ketones (excluding diaryl/α,β-unsaturated/α-hetero) is 1. The van der Waals surface area contributed by atoms with Crippen LogP contribution in [-0.4, -0.2) is 104 Å². The normalized spacial score (nSPS) is 15.6. The summed E-state index contributed by atoms with van der Waals surface area (Å²) in [6.07, 6.45) is 0.799. The molecule has 0 aliphatic carbocycles. The van der Waals surface area contributed by atoms with Gasteiger partial charge in [-0.05, 0) is 53.8 Å². The molecule has 4 aromatic heterocycles. The number of ether oxygens (including phenoxy) is 4. The van der Waals surface area contributed by atoms with Crippen molar-refractivity contribution in [3.05, 3.63) is 106 Å². The van der Waals surface area contributed by atoms with Crippen LogP contribution < -0.4 is 20.3 Å². The van der Waals surface area contributed by atoms with Gasteiger partial charge in [-0.3, -0.25) is 24.2 Å². The van der Waals surface area contributed by atoms with Crippen LogP contribution in [0.1, 0.15) is 50.6 Å². The number of aromatic nitrogens is 5. The smallest absolute Gasteiger partial charge is 0.266 e. The first-order valence-corrected chi connectivity index (χ1v) is 22.2. The molecule has 1 aliphatic heterocycles. The number of likely N-dealkylation sites (tertiary alicyclic amines) is 1. The van der Waals surface area contributed by atoms with Gasteiger partial charge in [-0.1, -0.05) is 45.0 Å². The summed E-state index contributed by atoms with van der Waals surface area (Å²) in [5.74, 6) is -0.234. The number of aliphatic hydroxyl groups is 1. The average molecular weight is 908 g/mol. The molecule has 0 spiro atoms. The lowest BCUT2D eigenvalue weighted by Crippen LogP contribution is -2.50. The van der Waals surface area contributed by atoms with Crippen LogP contribution in [0.3, 0.4) is 0 Å². The summed E-state index contributed by atoms with van der Waals surface area (Å²) in [7, 11) is 1.56. The van der Waals surface area contributed by atoms with E-state index in [1.807, 2.05) is 57.5 Å². The number of fused-ring (bicyclic) bond motifs is 1. The van der Waals surface area contributed by atoms with Crippen LogP contribution in [0.25, 0.3) is 33.1 Å². The van der Waals surface area contributed by atoms with Crippen LogP contribution in [0.2, 0.25) is 0 Å². The molecule has 342 valence electrons. The van der Waals surface area contributed by atoms with Crippen molar-refractivity contribution in [2.75, 3.05) is 39.6 Å². The Labute approximate surface area is 379 Å². The molecule has 17 nitrogen and oxygen atoms in total. The number of amides is 2. The first kappa shape index (κ1) is 46.6. The Bertz CT molecular complexity index is 2640. The lowest BCUT2D eigenvalue weighted by molar-refractivity contribution is -0.146. The molecule has 65 heavy (non-hydrogen) atoms. The highest BCUT2D eigenvalue weighted by Gasteiger charge is 2.44. The molecular formula is C47H53N7O10S. The van der Waals surface area contributed by atoms with E-state index in [0.717, 1.165) is 21.7 Å². The van der Waals surface area contributed by atoms with Crippen molar-refractivity contribution in [3.63, 3.8) is 0 Å². The van der Waals surface area contributed by atoms with Crippen LogP contribution in [0.4, 0.5) is 0 Å². The summed E-state index contributed by atoms with van der Waals surface area (Å²) in [6.45, 7) is 8.87. The Kier molecular flexibility index (Phi) is 15.1. The number of thiazole rings is 1. The number of carbonyl (C=O) groups excluding carboxylic acids is 3. The maximum atomic E-state index is 14.0. The van der Waals surface area contributed by atoms with E-state index in [1.54, 1.807) is 61.0 Å². The van der Waals surface area contributed by atoms with Crippen molar-refractivity contribution in [3.8, 4) is 33.5 Å². The maximum absolute atomic E-state index is 14.0. The number of aliphatic hydroxyl groups excluding tert-OH is 1. The van der Waals surface area contributed by atoms with E-state index in [-0.39, 0.29) is 88.7 Å². The van der Waals surface area contributed by atoms with Gasteiger partial charge in [0, 0.05) is 51.0 Å². The molecule has 0 bridgehead atoms. The predicted octanol–water partition coefficient (Wildman–Crippen LogP) is 5.31. The van der Waals surface area contributed by atoms with Crippen molar-refractivity contribution < 1.29 is 42.9 Å². The second kappa shape index (κ2) is 21.1. The van der Waals surface area contributed by atoms with Crippen LogP contribution in [0.15, 0.2) is 87.6 Å². The van der Waals surface area contributed by atoms with Gasteiger partial charge in [0.05, 0.1) is 53.9 Å². The molecule has 2 N–H and O–H groups in total. The number of carbonyl (C=O) groups is 3. The Hall–Kier alpha value is -6.34. The van der Waals surface area contributed by atoms with Gasteiger partial charge in [0.2, 0.25) is 17.7 Å². The number of ketones is 1. The third-order valence-electron chi connectivity index (χ3n) is 10.9. The Morgan fingerprint density at radius 1 is 0.954 bits per heavy atom. The van der Waals surface area contributed by atoms with Gasteiger partial charge in [-0.15, -0.1) is 11.3 Å². The number of benzene rings is 2. The number of hydrogen-bond acceptors (Lipinski definition) is 15. The summed E-state index contributed by atoms with van der Waals surface area (Å²) in [6, 6.07) is 18.9. The number of pyridine rings is 1. The third kappa shape index (κ3) is 12.3. The SMILES string of the molecule is Cc1ncsc1-c1ccc(CNC(=O)[C@H]2C[C@H](O)CN2C(=O)[C@H](CC(=O)COCCOCCOc2ccc(COc3ccc4oc(-c5ccc(=O)n(C)n5)nc4c3)nc2)C(C)(C)C)cc1. The molecule has 5 heterocycles. The average Bonchev–Trinajstić information content (AvgIpc) is 4.03. The topological polar surface area (TPSA) is 210 Å². The Balaban J connectivity index is 0.783. The van der Waals surface area contributed by atoms with E-state index in [4.69, 9.17) is 23.4 Å². The van der Waals surface area contributed by atoms with Gasteiger partial charge in [0.25, 0.3) is 5.56 Å². The van der Waals surface area contributed by atoms with Gasteiger partial charge in [0.1, 0.15) is 48.6 Å². The number of rotatable bonds is 20. The zero-order valence-corrected chi connectivity index (χ0v) is 37.8. The van der Waals surface area contributed by atoms with Crippen molar-refractivity contribution in [2.45, 2.75) is 65.8 Å². The van der Waals surface area contributed by atoms with E-state index in [0.29, 0.717) is 39.9 Å². The second-order valence-corrected chi connectivity index (χ2v) is 17.7. The molecule has 1 saturated heterocycles. The third-order valence-corrected chi connectivity index (χ3v) is 11.9. The molecule has 3 atom stereocenters. The molecule has 1 fully saturated rings. The minimum absolute atomic E-state index is 0.0154. The summed E-state index contributed by atoms with van der Waals surface area (Å²) in [4.78, 5) is 67.9. The lowest BCUT2D eigenvalue weighted by Gasteiger charge is -2.34. The lowest BCUT2D eigenvalue weighted by atomic mass is 9.77. The summed E-state index contributed by atoms with van der Waals surface area (Å²) in [5.41, 5.74) is 6.17. The number of aryl methyl sites for hydroxylation is 2. The first-order chi connectivity index (χ1) is 31.2. The molecule has 18 heteroatoms. The minimum atomic E-state index is -0.853. The van der Waals surface area contributed by atoms with Crippen molar-refractivity contribution in [1.82, 2.24) is 34.9 Å². The van der Waals surface area contributed by atoms with Crippen LogP contribution in [0.5, 0.6) is 11.5 Å². The first-order valence-electron chi connectivity index (χ1n) is 21.3. The van der Waals surface area contributed by atoms with E-state index < -0.39 is 23.5 Å². The monoisotopic (exact) mass is 907 g/mol. The van der Waals surface area contributed by atoms with Crippen LogP contribution >= 0.6 is 11.3 Å². The number of nitrogens with one attached hydrogen (secondary N) is 1. The maximum Gasteiger partial charge on any atom is 0.266 e. The predicted molar refractivity (Wildman–Crippen MR) is 241 cm³/mol. The summed E-state index contributed by atoms with van der Waals surface area (Å²) >= 11 is 1.57. The Morgan fingerprint density at radius 2 is 1.72 bits per heavy atom. The van der Waals surface area contributed by atoms with Crippen molar-refractivity contribution in [2.24, 2.45) is 18.4 Å². The molecule has 0 unspecified atom stereocenters. The molecule has 2 aromatic carbocycles. The van der Waals surface area contributed by atoms with E-state index >= 15 is 0 Å². The van der Waals surface area contributed by atoms with Gasteiger partial charge in [0.15, 0.2) is 11.4 Å². The van der Waals surface area contributed by atoms with Gasteiger partial charge in [-0.2, -0.15) is 5.10 Å². The van der Waals surface area contributed by atoms with Crippen molar-refractivity contribution >= 4 is 40.0 Å². The molecule has 2 amide bonds. The zero-order valence-electron chi connectivity index (χ0n) is 37.0. The fourth-order valence-electron chi connectivity index (χ4n) is 7.30. The number of hydrogen-bond donors (Lipinski definition) is 2. The van der Waals surface area contributed by atoms with Crippen LogP contribution in [0, 0.1) is 18.3 Å². The van der Waals surface area contributed by atoms with Crippen LogP contribution in [-0.2, 0) is 44.1 Å². The van der Waals surface area contributed by atoms with Gasteiger partial charge in [-0.25, -0.2) is 14.6 Å². The van der Waals surface area contributed by atoms with E-state index in [9.17, 15) is 24.3 Å². The van der Waals surface area contributed by atoms with E-state index in [1.165, 1.54) is 15.6 Å². The molecule has 0 radical (unpaired) electrons. The highest BCUT2D eigenvalue weighted by Crippen LogP contribution is 2.34. The highest BCUT2D eigenvalue weighted by molar-refractivity contribution is 7.13. The number of nitrogens with zero attached hydrogens (tertiary/aromatic N) is 6. The standard InChI is InChI=1S/C47H53N7O10S/c1-29-43(65-28-50-29)31-8-6-30(7-9-31)23-49-44(58)40-21-33(55)25-54(40)46(59)37(47(2,3)4)20-34(56)27-61-17-16-60-18-19-62-36-11-10-32(48-24-36)26-63-35-12-14-41-39(22-35)51-45(64-41)38-13-15-42(57)53(5)52-38/h6-15,22,24,28,33,37,40,55H,16-21,23,25-27H2,1-5H3,(H,49,58)/t33-,37-,40+/m0/s1. The quantitative estimate of drug-likeness (QED) is 0.0932. The minimum Gasteiger partial charge on any atom is -0.490 e. The Morgan fingerprint density at radius 3 is 2.45 bits per heavy atom. The van der Waals surface area contributed by atoms with E-state index in [2.05, 4.69) is 25.4 Å².